The molecule has 1 aliphatic heterocycles. The van der Waals surface area contributed by atoms with Gasteiger partial charge in [0.05, 0.1) is 31.9 Å². The lowest BCUT2D eigenvalue weighted by molar-refractivity contribution is -0.134. The summed E-state index contributed by atoms with van der Waals surface area (Å²) in [5.41, 5.74) is 0.632. The van der Waals surface area contributed by atoms with Crippen LogP contribution in [0.4, 0.5) is 5.69 Å². The number of hydrogen-bond donors (Lipinski definition) is 2. The van der Waals surface area contributed by atoms with E-state index in [0.29, 0.717) is 11.3 Å². The summed E-state index contributed by atoms with van der Waals surface area (Å²) in [6.07, 6.45) is 1.97. The van der Waals surface area contributed by atoms with Gasteiger partial charge in [0.25, 0.3) is 20.0 Å². The summed E-state index contributed by atoms with van der Waals surface area (Å²) in [5.74, 6) is -0.248. The van der Waals surface area contributed by atoms with E-state index in [4.69, 9.17) is 4.74 Å². The Balaban J connectivity index is 1.68. The molecule has 3 heterocycles. The van der Waals surface area contributed by atoms with Gasteiger partial charge in [-0.2, -0.15) is 12.7 Å². The van der Waals surface area contributed by atoms with Crippen molar-refractivity contribution in [3.05, 3.63) is 53.8 Å². The smallest absolute Gasteiger partial charge is 0.280 e. The Hall–Kier alpha value is -2.98. The number of aliphatic hydroxyl groups excluding tert-OH is 1. The molecule has 218 valence electrons. The van der Waals surface area contributed by atoms with Gasteiger partial charge in [0.2, 0.25) is 5.91 Å². The van der Waals surface area contributed by atoms with E-state index in [9.17, 15) is 26.7 Å². The van der Waals surface area contributed by atoms with Crippen LogP contribution in [0.3, 0.4) is 0 Å². The number of rotatable bonds is 9. The lowest BCUT2D eigenvalue weighted by atomic mass is 10.0. The molecule has 1 amide bonds. The molecule has 2 N–H and O–H groups in total. The van der Waals surface area contributed by atoms with Crippen LogP contribution in [0.1, 0.15) is 19.4 Å². The fourth-order valence-corrected chi connectivity index (χ4v) is 7.78. The largest absolute Gasteiger partial charge is 0.488 e. The fraction of sp³-hybridized carbons (Fsp3) is 0.440. The number of ether oxygens (including phenoxy) is 1. The minimum absolute atomic E-state index is 0.00440. The van der Waals surface area contributed by atoms with Crippen molar-refractivity contribution in [2.75, 3.05) is 31.5 Å². The van der Waals surface area contributed by atoms with Gasteiger partial charge in [0.15, 0.2) is 5.03 Å². The molecule has 1 aromatic carbocycles. The summed E-state index contributed by atoms with van der Waals surface area (Å²) >= 11 is 1.12. The molecule has 0 saturated carbocycles. The third-order valence-electron chi connectivity index (χ3n) is 6.72. The summed E-state index contributed by atoms with van der Waals surface area (Å²) in [6.45, 7) is 3.56. The maximum atomic E-state index is 13.4. The number of carbonyl (C=O) groups is 1. The Kier molecular flexibility index (Phi) is 8.89. The second-order valence-corrected chi connectivity index (χ2v) is 14.8. The van der Waals surface area contributed by atoms with Crippen molar-refractivity contribution in [2.45, 2.75) is 41.6 Å². The minimum atomic E-state index is -3.98. The Morgan fingerprint density at radius 3 is 2.65 bits per heavy atom. The molecule has 0 bridgehead atoms. The molecule has 4 rings (SSSR count). The van der Waals surface area contributed by atoms with Gasteiger partial charge in [-0.05, 0) is 36.6 Å². The van der Waals surface area contributed by atoms with E-state index in [1.807, 2.05) is 6.92 Å². The second-order valence-electron chi connectivity index (χ2n) is 9.91. The van der Waals surface area contributed by atoms with Crippen molar-refractivity contribution in [2.24, 2.45) is 13.0 Å². The first-order valence-corrected chi connectivity index (χ1v) is 16.3. The molecule has 0 spiro atoms. The molecule has 40 heavy (non-hydrogen) atoms. The van der Waals surface area contributed by atoms with E-state index in [0.717, 1.165) is 11.3 Å². The fourth-order valence-electron chi connectivity index (χ4n) is 4.36. The van der Waals surface area contributed by atoms with Gasteiger partial charge >= 0.3 is 0 Å². The Bertz CT molecular complexity index is 1550. The molecule has 0 fully saturated rings. The second kappa shape index (κ2) is 11.9. The zero-order chi connectivity index (χ0) is 29.2. The summed E-state index contributed by atoms with van der Waals surface area (Å²) in [7, 11) is -4.60. The summed E-state index contributed by atoms with van der Waals surface area (Å²) in [5, 5.41) is 11.4. The first kappa shape index (κ1) is 30.0. The van der Waals surface area contributed by atoms with Crippen LogP contribution in [0.25, 0.3) is 0 Å². The number of imidazole rings is 1. The molecule has 0 aliphatic carbocycles. The minimum Gasteiger partial charge on any atom is -0.488 e. The average molecular weight is 612 g/mol. The van der Waals surface area contributed by atoms with Crippen LogP contribution in [0, 0.1) is 5.92 Å². The zero-order valence-electron chi connectivity index (χ0n) is 22.6. The molecule has 0 unspecified atom stereocenters. The third-order valence-corrected chi connectivity index (χ3v) is 11.2. The number of hydrogen-bond acceptors (Lipinski definition) is 9. The van der Waals surface area contributed by atoms with E-state index in [-0.39, 0.29) is 52.9 Å². The molecule has 15 heteroatoms. The molecular formula is C25H33N5O7S3. The summed E-state index contributed by atoms with van der Waals surface area (Å²) in [6, 6.07) is 7.32. The highest BCUT2D eigenvalue weighted by molar-refractivity contribution is 7.92. The first-order chi connectivity index (χ1) is 18.8. The summed E-state index contributed by atoms with van der Waals surface area (Å²) in [4.78, 5) is 18.8. The molecule has 3 atom stereocenters. The van der Waals surface area contributed by atoms with Crippen molar-refractivity contribution in [1.29, 1.82) is 0 Å². The van der Waals surface area contributed by atoms with E-state index >= 15 is 0 Å². The number of fused-ring (bicyclic) bond motifs is 1. The Morgan fingerprint density at radius 2 is 2.02 bits per heavy atom. The predicted octanol–water partition coefficient (Wildman–Crippen LogP) is 1.75. The number of aryl methyl sites for hydroxylation is 1. The maximum absolute atomic E-state index is 13.4. The van der Waals surface area contributed by atoms with Crippen molar-refractivity contribution in [1.82, 2.24) is 18.8 Å². The van der Waals surface area contributed by atoms with Crippen LogP contribution in [-0.2, 0) is 38.3 Å². The number of anilines is 1. The number of aliphatic hydroxyl groups is 1. The van der Waals surface area contributed by atoms with Crippen LogP contribution < -0.4 is 9.46 Å². The number of aromatic nitrogens is 2. The topological polar surface area (TPSA) is 151 Å². The number of nitrogens with zero attached hydrogens (tertiary/aromatic N) is 4. The molecule has 0 saturated heterocycles. The highest BCUT2D eigenvalue weighted by atomic mass is 32.2. The van der Waals surface area contributed by atoms with Gasteiger partial charge in [-0.1, -0.05) is 13.0 Å². The highest BCUT2D eigenvalue weighted by Crippen LogP contribution is 2.31. The number of nitrogens with one attached hydrogen (secondary N) is 1. The van der Waals surface area contributed by atoms with Gasteiger partial charge in [-0.25, -0.2) is 13.4 Å². The van der Waals surface area contributed by atoms with E-state index < -0.39 is 32.2 Å². The Labute approximate surface area is 238 Å². The maximum Gasteiger partial charge on any atom is 0.280 e. The van der Waals surface area contributed by atoms with Gasteiger partial charge in [-0.15, -0.1) is 11.3 Å². The van der Waals surface area contributed by atoms with Crippen molar-refractivity contribution < 1.29 is 31.5 Å². The van der Waals surface area contributed by atoms with Gasteiger partial charge in [0, 0.05) is 44.0 Å². The third kappa shape index (κ3) is 6.49. The number of carbonyl (C=O) groups excluding carboxylic acids is 1. The zero-order valence-corrected chi connectivity index (χ0v) is 25.0. The quantitative estimate of drug-likeness (QED) is 0.372. The number of likely N-dealkylation sites (N-methyl/N-ethyl adjacent to an activating group) is 1. The van der Waals surface area contributed by atoms with Crippen molar-refractivity contribution in [3.8, 4) is 5.75 Å². The van der Waals surface area contributed by atoms with E-state index in [1.165, 1.54) is 46.6 Å². The Morgan fingerprint density at radius 1 is 1.27 bits per heavy atom. The number of benzene rings is 1. The lowest BCUT2D eigenvalue weighted by Crippen LogP contribution is -2.48. The predicted molar refractivity (Wildman–Crippen MR) is 150 cm³/mol. The average Bonchev–Trinajstić information content (AvgIpc) is 3.60. The molecule has 2 aromatic heterocycles. The van der Waals surface area contributed by atoms with Gasteiger partial charge in [0.1, 0.15) is 16.1 Å². The normalized spacial score (nSPS) is 19.4. The van der Waals surface area contributed by atoms with E-state index in [2.05, 4.69) is 9.71 Å². The van der Waals surface area contributed by atoms with E-state index in [1.54, 1.807) is 36.4 Å². The molecule has 0 radical (unpaired) electrons. The van der Waals surface area contributed by atoms with Gasteiger partial charge in [-0.3, -0.25) is 9.52 Å². The highest BCUT2D eigenvalue weighted by Gasteiger charge is 2.34. The molecule has 12 nitrogen and oxygen atoms in total. The van der Waals surface area contributed by atoms with Crippen LogP contribution in [0.15, 0.2) is 57.5 Å². The monoisotopic (exact) mass is 611 g/mol. The standard InChI is InChI=1S/C25H33N5O7S3/c1-17-12-30(18(2)15-31)24(32)11-19-10-20(27-39(33,34)23-14-28(3)16-26-23)7-8-21(19)37-22(17)13-29(4)40(35,36)25-6-5-9-38-25/h5-10,14,16-18,22,27,31H,11-13,15H2,1-4H3/t17-,18-,22-/m1/s1. The lowest BCUT2D eigenvalue weighted by Gasteiger charge is -2.33. The van der Waals surface area contributed by atoms with Crippen LogP contribution in [-0.4, -0.2) is 85.5 Å². The van der Waals surface area contributed by atoms with Crippen LogP contribution >= 0.6 is 11.3 Å². The van der Waals surface area contributed by atoms with Crippen molar-refractivity contribution in [3.63, 3.8) is 0 Å². The molecule has 3 aromatic rings. The van der Waals surface area contributed by atoms with Crippen LogP contribution in [0.2, 0.25) is 0 Å². The molecule has 1 aliphatic rings. The molecular weight excluding hydrogens is 579 g/mol. The number of thiophene rings is 1. The first-order valence-electron chi connectivity index (χ1n) is 12.5. The summed E-state index contributed by atoms with van der Waals surface area (Å²) < 4.78 is 63.7. The van der Waals surface area contributed by atoms with Crippen LogP contribution in [0.5, 0.6) is 5.75 Å². The van der Waals surface area contributed by atoms with Crippen molar-refractivity contribution >= 4 is 43.0 Å². The SMILES string of the molecule is C[C@@H]1CN([C@H](C)CO)C(=O)Cc2cc(NS(=O)(=O)c3cn(C)cn3)ccc2O[C@@H]1CN(C)S(=O)(=O)c1cccs1. The van der Waals surface area contributed by atoms with Gasteiger partial charge < -0.3 is 19.3 Å². The number of amides is 1. The number of sulfonamides is 2.